The zero-order chi connectivity index (χ0) is 14.2. The Morgan fingerprint density at radius 3 is 2.63 bits per heavy atom. The lowest BCUT2D eigenvalue weighted by Gasteiger charge is -2.06. The average molecular weight is 367 g/mol. The second-order valence-corrected chi connectivity index (χ2v) is 8.28. The van der Waals surface area contributed by atoms with Crippen molar-refractivity contribution >= 4 is 41.6 Å². The van der Waals surface area contributed by atoms with Gasteiger partial charge in [0.25, 0.3) is 15.0 Å². The molecule has 1 fully saturated rings. The summed E-state index contributed by atoms with van der Waals surface area (Å²) in [4.78, 5) is 11.9. The van der Waals surface area contributed by atoms with Crippen LogP contribution in [0.5, 0.6) is 0 Å². The van der Waals surface area contributed by atoms with Gasteiger partial charge in [0.15, 0.2) is 0 Å². The van der Waals surface area contributed by atoms with Crippen LogP contribution >= 0.6 is 26.6 Å². The Kier molecular flexibility index (Phi) is 4.23. The van der Waals surface area contributed by atoms with Crippen molar-refractivity contribution in [2.45, 2.75) is 18.2 Å². The van der Waals surface area contributed by atoms with E-state index >= 15 is 0 Å². The minimum Gasteiger partial charge on any atom is -0.352 e. The molecule has 0 heterocycles. The maximum Gasteiger partial charge on any atom is 0.261 e. The molecule has 2 rings (SSSR count). The number of halogens is 2. The first-order valence-electron chi connectivity index (χ1n) is 5.81. The smallest absolute Gasteiger partial charge is 0.261 e. The highest BCUT2D eigenvalue weighted by Gasteiger charge is 2.32. The summed E-state index contributed by atoms with van der Waals surface area (Å²) in [6.45, 7) is 2.75. The third-order valence-corrected chi connectivity index (χ3v) is 5.01. The Labute approximate surface area is 125 Å². The summed E-state index contributed by atoms with van der Waals surface area (Å²) in [5.41, 5.74) is 0.280. The molecule has 7 heteroatoms. The first-order valence-corrected chi connectivity index (χ1v) is 8.91. The number of carbonyl (C=O) groups excluding carboxylic acids is 1. The number of hydrogen-bond acceptors (Lipinski definition) is 3. The van der Waals surface area contributed by atoms with Crippen molar-refractivity contribution in [3.05, 3.63) is 28.2 Å². The minimum absolute atomic E-state index is 0.0894. The predicted molar refractivity (Wildman–Crippen MR) is 76.8 cm³/mol. The van der Waals surface area contributed by atoms with E-state index in [9.17, 15) is 13.2 Å². The molecule has 0 saturated heterocycles. The summed E-state index contributed by atoms with van der Waals surface area (Å²) in [7, 11) is 1.44. The van der Waals surface area contributed by atoms with Crippen molar-refractivity contribution in [1.82, 2.24) is 5.32 Å². The van der Waals surface area contributed by atoms with Gasteiger partial charge in [-0.05, 0) is 36.5 Å². The lowest BCUT2D eigenvalue weighted by molar-refractivity contribution is 0.0951. The maximum atomic E-state index is 11.9. The molecule has 2 atom stereocenters. The first kappa shape index (κ1) is 14.8. The molecule has 19 heavy (non-hydrogen) atoms. The van der Waals surface area contributed by atoms with Crippen molar-refractivity contribution in [2.24, 2.45) is 11.8 Å². The van der Waals surface area contributed by atoms with E-state index in [0.29, 0.717) is 22.9 Å². The van der Waals surface area contributed by atoms with Gasteiger partial charge in [-0.2, -0.15) is 0 Å². The zero-order valence-electron chi connectivity index (χ0n) is 10.2. The summed E-state index contributed by atoms with van der Waals surface area (Å²) in [5.74, 6) is 0.899. The number of amides is 1. The van der Waals surface area contributed by atoms with E-state index in [2.05, 4.69) is 28.2 Å². The van der Waals surface area contributed by atoms with Crippen molar-refractivity contribution in [3.8, 4) is 0 Å². The van der Waals surface area contributed by atoms with Gasteiger partial charge in [-0.15, -0.1) is 0 Å². The summed E-state index contributed by atoms with van der Waals surface area (Å²) in [6.07, 6.45) is 1.13. The first-order chi connectivity index (χ1) is 8.77. The van der Waals surface area contributed by atoms with E-state index in [-0.39, 0.29) is 16.4 Å². The number of hydrogen-bond donors (Lipinski definition) is 1. The molecule has 0 aliphatic heterocycles. The molecule has 0 aromatic heterocycles. The van der Waals surface area contributed by atoms with Gasteiger partial charge >= 0.3 is 0 Å². The fraction of sp³-hybridized carbons (Fsp3) is 0.417. The van der Waals surface area contributed by atoms with Crippen LogP contribution in [0.15, 0.2) is 27.6 Å². The van der Waals surface area contributed by atoms with Crippen LogP contribution in [0.1, 0.15) is 23.7 Å². The molecule has 0 spiro atoms. The monoisotopic (exact) mass is 365 g/mol. The largest absolute Gasteiger partial charge is 0.352 e. The molecule has 1 amide bonds. The van der Waals surface area contributed by atoms with Crippen molar-refractivity contribution < 1.29 is 13.2 Å². The van der Waals surface area contributed by atoms with Gasteiger partial charge in [-0.3, -0.25) is 4.79 Å². The van der Waals surface area contributed by atoms with Crippen LogP contribution in [0.25, 0.3) is 0 Å². The number of benzene rings is 1. The fourth-order valence-electron chi connectivity index (χ4n) is 1.84. The molecular formula is C12H13BrClNO3S. The van der Waals surface area contributed by atoms with Gasteiger partial charge in [0.2, 0.25) is 0 Å². The normalized spacial score (nSPS) is 22.1. The van der Waals surface area contributed by atoms with Gasteiger partial charge in [0.1, 0.15) is 0 Å². The van der Waals surface area contributed by atoms with Crippen molar-refractivity contribution in [2.75, 3.05) is 6.54 Å². The van der Waals surface area contributed by atoms with Gasteiger partial charge in [0.05, 0.1) is 4.90 Å². The van der Waals surface area contributed by atoms with E-state index in [1.54, 1.807) is 6.07 Å². The number of rotatable bonds is 4. The molecule has 104 valence electrons. The Bertz CT molecular complexity index is 617. The second-order valence-electron chi connectivity index (χ2n) is 4.80. The van der Waals surface area contributed by atoms with Gasteiger partial charge in [0, 0.05) is 27.3 Å². The predicted octanol–water partition coefficient (Wildman–Crippen LogP) is 2.76. The summed E-state index contributed by atoms with van der Waals surface area (Å²) in [6, 6.07) is 4.21. The molecule has 1 aliphatic carbocycles. The van der Waals surface area contributed by atoms with Crippen molar-refractivity contribution in [3.63, 3.8) is 0 Å². The Morgan fingerprint density at radius 2 is 2.11 bits per heavy atom. The quantitative estimate of drug-likeness (QED) is 0.833. The third-order valence-electron chi connectivity index (χ3n) is 3.22. The summed E-state index contributed by atoms with van der Waals surface area (Å²) in [5, 5.41) is 2.80. The van der Waals surface area contributed by atoms with Crippen molar-refractivity contribution in [1.29, 1.82) is 0 Å². The van der Waals surface area contributed by atoms with Crippen LogP contribution < -0.4 is 5.32 Å². The van der Waals surface area contributed by atoms with Gasteiger partial charge < -0.3 is 5.32 Å². The number of carbonyl (C=O) groups is 1. The van der Waals surface area contributed by atoms with E-state index in [1.165, 1.54) is 12.1 Å². The summed E-state index contributed by atoms with van der Waals surface area (Å²) < 4.78 is 23.1. The molecule has 2 unspecified atom stereocenters. The van der Waals surface area contributed by atoms with Gasteiger partial charge in [-0.25, -0.2) is 8.42 Å². The molecule has 0 bridgehead atoms. The second kappa shape index (κ2) is 5.42. The van der Waals surface area contributed by atoms with Crippen LogP contribution in [-0.4, -0.2) is 20.9 Å². The lowest BCUT2D eigenvalue weighted by Crippen LogP contribution is -2.26. The molecule has 0 radical (unpaired) electrons. The van der Waals surface area contributed by atoms with E-state index in [0.717, 1.165) is 6.42 Å². The van der Waals surface area contributed by atoms with Crippen LogP contribution in [0.2, 0.25) is 0 Å². The topological polar surface area (TPSA) is 63.2 Å². The molecular weight excluding hydrogens is 354 g/mol. The van der Waals surface area contributed by atoms with Crippen LogP contribution in [0, 0.1) is 11.8 Å². The average Bonchev–Trinajstić information content (AvgIpc) is 3.00. The number of nitrogens with one attached hydrogen (secondary N) is 1. The highest BCUT2D eigenvalue weighted by Crippen LogP contribution is 2.36. The molecule has 1 aromatic carbocycles. The zero-order valence-corrected chi connectivity index (χ0v) is 13.3. The maximum absolute atomic E-state index is 11.9. The standard InChI is InChI=1S/C12H13BrClNO3S/c1-7-2-9(7)6-15-12(16)8-3-10(13)5-11(4-8)19(14,17)18/h3-5,7,9H,2,6H2,1H3,(H,15,16). The third kappa shape index (κ3) is 3.94. The van der Waals surface area contributed by atoms with Crippen LogP contribution in [0.4, 0.5) is 0 Å². The molecule has 1 aromatic rings. The van der Waals surface area contributed by atoms with Gasteiger partial charge in [-0.1, -0.05) is 22.9 Å². The molecule has 1 aliphatic rings. The SMILES string of the molecule is CC1CC1CNC(=O)c1cc(Br)cc(S(=O)(=O)Cl)c1. The minimum atomic E-state index is -3.85. The Morgan fingerprint density at radius 1 is 1.47 bits per heavy atom. The fourth-order valence-corrected chi connectivity index (χ4v) is 3.29. The molecule has 4 nitrogen and oxygen atoms in total. The Balaban J connectivity index is 2.15. The lowest BCUT2D eigenvalue weighted by atomic mass is 10.2. The Hall–Kier alpha value is -0.590. The summed E-state index contributed by atoms with van der Waals surface area (Å²) >= 11 is 3.17. The highest BCUT2D eigenvalue weighted by molar-refractivity contribution is 9.10. The van der Waals surface area contributed by atoms with E-state index in [1.807, 2.05) is 0 Å². The van der Waals surface area contributed by atoms with Crippen LogP contribution in [0.3, 0.4) is 0 Å². The molecule has 1 N–H and O–H groups in total. The van der Waals surface area contributed by atoms with Crippen LogP contribution in [-0.2, 0) is 9.05 Å². The highest BCUT2D eigenvalue weighted by atomic mass is 79.9. The van der Waals surface area contributed by atoms with E-state index < -0.39 is 9.05 Å². The van der Waals surface area contributed by atoms with E-state index in [4.69, 9.17) is 10.7 Å². The molecule has 1 saturated carbocycles.